The molecule has 9 nitrogen and oxygen atoms in total. The molecule has 2 amide bonds. The SMILES string of the molecule is CN(CC(=O)O)[C@H]1CC[C@H](C(=O)Nc2c(C(=O)Nc3ccc(Cl)cn3)oc3ccccc23)CC1.Cl.Cl. The van der Waals surface area contributed by atoms with Gasteiger partial charge in [0.1, 0.15) is 17.1 Å². The first kappa shape index (κ1) is 29.4. The minimum atomic E-state index is -0.867. The number of benzene rings is 1. The summed E-state index contributed by atoms with van der Waals surface area (Å²) >= 11 is 5.85. The minimum Gasteiger partial charge on any atom is -0.480 e. The second kappa shape index (κ2) is 12.9. The smallest absolute Gasteiger partial charge is 0.317 e. The molecule has 2 heterocycles. The first-order valence-electron chi connectivity index (χ1n) is 11.0. The van der Waals surface area contributed by atoms with Gasteiger partial charge in [0.15, 0.2) is 0 Å². The van der Waals surface area contributed by atoms with Crippen molar-refractivity contribution in [2.24, 2.45) is 5.92 Å². The van der Waals surface area contributed by atoms with Crippen molar-refractivity contribution < 1.29 is 23.9 Å². The number of nitrogens with one attached hydrogen (secondary N) is 2. The lowest BCUT2D eigenvalue weighted by Crippen LogP contribution is -2.40. The number of aromatic nitrogens is 1. The van der Waals surface area contributed by atoms with Crippen molar-refractivity contribution in [2.75, 3.05) is 24.2 Å². The molecule has 12 heteroatoms. The summed E-state index contributed by atoms with van der Waals surface area (Å²) in [5.41, 5.74) is 0.795. The van der Waals surface area contributed by atoms with Crippen LogP contribution in [0.25, 0.3) is 11.0 Å². The predicted octanol–water partition coefficient (Wildman–Crippen LogP) is 5.09. The Balaban J connectivity index is 0.00000228. The maximum absolute atomic E-state index is 13.1. The molecule has 0 unspecified atom stereocenters. The van der Waals surface area contributed by atoms with Gasteiger partial charge in [0.2, 0.25) is 11.7 Å². The van der Waals surface area contributed by atoms with Gasteiger partial charge in [0, 0.05) is 23.5 Å². The fourth-order valence-corrected chi connectivity index (χ4v) is 4.41. The normalized spacial score (nSPS) is 17.1. The zero-order chi connectivity index (χ0) is 24.2. The number of para-hydroxylation sites is 1. The van der Waals surface area contributed by atoms with Gasteiger partial charge in [0.25, 0.3) is 5.91 Å². The van der Waals surface area contributed by atoms with E-state index in [2.05, 4.69) is 15.6 Å². The zero-order valence-electron chi connectivity index (χ0n) is 19.4. The fourth-order valence-electron chi connectivity index (χ4n) is 4.30. The number of anilines is 2. The number of carboxylic acid groups (broad SMARTS) is 1. The Bertz CT molecular complexity index is 1210. The van der Waals surface area contributed by atoms with E-state index in [9.17, 15) is 14.4 Å². The number of fused-ring (bicyclic) bond motifs is 1. The highest BCUT2D eigenvalue weighted by Gasteiger charge is 2.31. The highest BCUT2D eigenvalue weighted by molar-refractivity contribution is 6.30. The first-order valence-corrected chi connectivity index (χ1v) is 11.4. The van der Waals surface area contributed by atoms with Gasteiger partial charge < -0.3 is 20.2 Å². The van der Waals surface area contributed by atoms with E-state index in [1.54, 1.807) is 43.4 Å². The fraction of sp³-hybridized carbons (Fsp3) is 0.333. The van der Waals surface area contributed by atoms with Crippen molar-refractivity contribution in [3.63, 3.8) is 0 Å². The van der Waals surface area contributed by atoms with Crippen LogP contribution >= 0.6 is 36.4 Å². The molecule has 0 aliphatic heterocycles. The molecule has 1 aliphatic rings. The minimum absolute atomic E-state index is 0. The topological polar surface area (TPSA) is 125 Å². The number of aliphatic carboxylic acids is 1. The highest BCUT2D eigenvalue weighted by atomic mass is 35.5. The number of pyridine rings is 1. The molecule has 3 N–H and O–H groups in total. The Morgan fingerprint density at radius 1 is 1.08 bits per heavy atom. The zero-order valence-corrected chi connectivity index (χ0v) is 21.8. The number of furan rings is 1. The van der Waals surface area contributed by atoms with Crippen LogP contribution in [0.15, 0.2) is 47.0 Å². The summed E-state index contributed by atoms with van der Waals surface area (Å²) < 4.78 is 5.79. The van der Waals surface area contributed by atoms with Gasteiger partial charge in [-0.05, 0) is 57.0 Å². The summed E-state index contributed by atoms with van der Waals surface area (Å²) in [6.45, 7) is -0.0243. The van der Waals surface area contributed by atoms with E-state index in [0.717, 1.165) is 12.8 Å². The molecule has 2 aromatic heterocycles. The third-order valence-electron chi connectivity index (χ3n) is 6.09. The summed E-state index contributed by atoms with van der Waals surface area (Å²) in [6.07, 6.45) is 4.13. The maximum atomic E-state index is 13.1. The molecular formula is C24H27Cl3N4O5. The van der Waals surface area contributed by atoms with E-state index in [-0.39, 0.29) is 55.0 Å². The maximum Gasteiger partial charge on any atom is 0.317 e. The van der Waals surface area contributed by atoms with Crippen LogP contribution in [0, 0.1) is 5.92 Å². The highest BCUT2D eigenvalue weighted by Crippen LogP contribution is 2.34. The number of rotatable bonds is 7. The number of nitrogens with zero attached hydrogens (tertiary/aromatic N) is 2. The van der Waals surface area contributed by atoms with E-state index in [4.69, 9.17) is 21.1 Å². The van der Waals surface area contributed by atoms with E-state index < -0.39 is 11.9 Å². The summed E-state index contributed by atoms with van der Waals surface area (Å²) in [5, 5.41) is 15.7. The summed E-state index contributed by atoms with van der Waals surface area (Å²) in [4.78, 5) is 42.9. The van der Waals surface area contributed by atoms with Gasteiger partial charge in [-0.2, -0.15) is 0 Å². The second-order valence-electron chi connectivity index (χ2n) is 8.42. The molecule has 0 radical (unpaired) electrons. The summed E-state index contributed by atoms with van der Waals surface area (Å²) in [5.74, 6) is -1.55. The molecule has 0 atom stereocenters. The van der Waals surface area contributed by atoms with Gasteiger partial charge in [-0.1, -0.05) is 23.7 Å². The number of halogens is 3. The Morgan fingerprint density at radius 3 is 2.42 bits per heavy atom. The van der Waals surface area contributed by atoms with Crippen molar-refractivity contribution in [1.29, 1.82) is 0 Å². The van der Waals surface area contributed by atoms with Crippen LogP contribution in [0.3, 0.4) is 0 Å². The van der Waals surface area contributed by atoms with Gasteiger partial charge in [-0.15, -0.1) is 24.8 Å². The molecule has 0 bridgehead atoms. The van der Waals surface area contributed by atoms with Crippen molar-refractivity contribution in [2.45, 2.75) is 31.7 Å². The quantitative estimate of drug-likeness (QED) is 0.369. The second-order valence-corrected chi connectivity index (χ2v) is 8.86. The predicted molar refractivity (Wildman–Crippen MR) is 143 cm³/mol. The number of hydrogen-bond acceptors (Lipinski definition) is 6. The van der Waals surface area contributed by atoms with Crippen molar-refractivity contribution in [3.8, 4) is 0 Å². The van der Waals surface area contributed by atoms with Gasteiger partial charge in [0.05, 0.1) is 11.6 Å². The van der Waals surface area contributed by atoms with Crippen LogP contribution in [0.4, 0.5) is 11.5 Å². The molecule has 1 aliphatic carbocycles. The Hall–Kier alpha value is -2.85. The molecule has 1 aromatic carbocycles. The molecular weight excluding hydrogens is 531 g/mol. The van der Waals surface area contributed by atoms with Crippen LogP contribution in [-0.4, -0.2) is 52.4 Å². The number of carboxylic acids is 1. The molecule has 194 valence electrons. The standard InChI is InChI=1S/C24H25ClN4O5.2ClH/c1-29(13-20(30)31)16-9-6-14(7-10-16)23(32)28-21-17-4-2-3-5-18(17)34-22(21)24(33)27-19-11-8-15(25)12-26-19;;/h2-5,8,11-12,14,16H,6-7,9-10,13H2,1H3,(H,28,32)(H,30,31)(H,26,27,33);2*1H/t14-,16-;;. The third kappa shape index (κ3) is 6.88. The van der Waals surface area contributed by atoms with Crippen LogP contribution in [0.1, 0.15) is 36.2 Å². The lowest BCUT2D eigenvalue weighted by atomic mass is 9.85. The van der Waals surface area contributed by atoms with Crippen LogP contribution in [0.5, 0.6) is 0 Å². The van der Waals surface area contributed by atoms with Crippen LogP contribution in [0.2, 0.25) is 5.02 Å². The number of amides is 2. The van der Waals surface area contributed by atoms with Gasteiger partial charge >= 0.3 is 5.97 Å². The van der Waals surface area contributed by atoms with Crippen molar-refractivity contribution >= 4 is 76.7 Å². The lowest BCUT2D eigenvalue weighted by Gasteiger charge is -2.33. The van der Waals surface area contributed by atoms with E-state index in [1.165, 1.54) is 6.20 Å². The Morgan fingerprint density at radius 2 is 1.78 bits per heavy atom. The molecule has 3 aromatic rings. The van der Waals surface area contributed by atoms with Gasteiger partial charge in [-0.25, -0.2) is 4.98 Å². The van der Waals surface area contributed by atoms with Crippen molar-refractivity contribution in [1.82, 2.24) is 9.88 Å². The first-order chi connectivity index (χ1) is 16.3. The summed E-state index contributed by atoms with van der Waals surface area (Å²) in [7, 11) is 1.79. The average molecular weight is 558 g/mol. The molecule has 1 saturated carbocycles. The van der Waals surface area contributed by atoms with Gasteiger partial charge in [-0.3, -0.25) is 19.3 Å². The molecule has 0 spiro atoms. The van der Waals surface area contributed by atoms with Crippen molar-refractivity contribution in [3.05, 3.63) is 53.4 Å². The number of carbonyl (C=O) groups is 3. The monoisotopic (exact) mass is 556 g/mol. The molecule has 36 heavy (non-hydrogen) atoms. The molecule has 0 saturated heterocycles. The van der Waals surface area contributed by atoms with E-state index in [0.29, 0.717) is 40.3 Å². The number of likely N-dealkylation sites (N-methyl/N-ethyl adjacent to an activating group) is 1. The third-order valence-corrected chi connectivity index (χ3v) is 6.32. The molecule has 4 rings (SSSR count). The largest absolute Gasteiger partial charge is 0.480 e. The van der Waals surface area contributed by atoms with E-state index in [1.807, 2.05) is 4.90 Å². The van der Waals surface area contributed by atoms with E-state index >= 15 is 0 Å². The Labute approximate surface area is 225 Å². The van der Waals surface area contributed by atoms with Crippen LogP contribution in [-0.2, 0) is 9.59 Å². The summed E-state index contributed by atoms with van der Waals surface area (Å²) in [6, 6.07) is 10.4. The number of hydrogen-bond donors (Lipinski definition) is 3. The number of carbonyl (C=O) groups excluding carboxylic acids is 2. The molecule has 1 fully saturated rings. The average Bonchev–Trinajstić information content (AvgIpc) is 3.19. The lowest BCUT2D eigenvalue weighted by molar-refractivity contribution is -0.139. The Kier molecular flexibility index (Phi) is 10.5. The van der Waals surface area contributed by atoms with Crippen LogP contribution < -0.4 is 10.6 Å².